The van der Waals surface area contributed by atoms with Crippen molar-refractivity contribution in [2.75, 3.05) is 57.3 Å². The van der Waals surface area contributed by atoms with Crippen LogP contribution in [-0.4, -0.2) is 74.0 Å². The molecule has 35 heavy (non-hydrogen) atoms. The van der Waals surface area contributed by atoms with E-state index in [-0.39, 0.29) is 17.7 Å². The van der Waals surface area contributed by atoms with E-state index in [2.05, 4.69) is 45.4 Å². The van der Waals surface area contributed by atoms with Gasteiger partial charge in [-0.25, -0.2) is 0 Å². The molecule has 0 bridgehead atoms. The minimum Gasteiger partial charge on any atom is -0.369 e. The number of carbonyl (C=O) groups is 2. The summed E-state index contributed by atoms with van der Waals surface area (Å²) < 4.78 is 0. The van der Waals surface area contributed by atoms with Gasteiger partial charge in [0.2, 0.25) is 5.91 Å². The van der Waals surface area contributed by atoms with E-state index < -0.39 is 0 Å². The highest BCUT2D eigenvalue weighted by atomic mass is 16.2. The minimum atomic E-state index is -0.0125. The molecule has 0 aliphatic carbocycles. The maximum absolute atomic E-state index is 13.2. The van der Waals surface area contributed by atoms with Gasteiger partial charge in [-0.15, -0.1) is 0 Å². The second kappa shape index (κ2) is 10.9. The number of piperazine rings is 1. The third-order valence-electron chi connectivity index (χ3n) is 7.39. The van der Waals surface area contributed by atoms with Crippen molar-refractivity contribution in [2.24, 2.45) is 5.92 Å². The fourth-order valence-corrected chi connectivity index (χ4v) is 5.28. The number of nitrogens with one attached hydrogen (secondary N) is 1. The predicted octanol–water partition coefficient (Wildman–Crippen LogP) is 3.63. The van der Waals surface area contributed by atoms with Gasteiger partial charge in [0.05, 0.1) is 0 Å². The van der Waals surface area contributed by atoms with Crippen molar-refractivity contribution < 1.29 is 9.59 Å². The number of likely N-dealkylation sites (tertiary alicyclic amines) is 1. The van der Waals surface area contributed by atoms with E-state index in [1.807, 2.05) is 47.4 Å². The number of fused-ring (bicyclic) bond motifs is 1. The summed E-state index contributed by atoms with van der Waals surface area (Å²) in [5, 5.41) is 5.21. The Balaban J connectivity index is 1.04. The fraction of sp³-hybridized carbons (Fsp3) is 0.379. The van der Waals surface area contributed by atoms with Gasteiger partial charge in [0.15, 0.2) is 0 Å². The SMILES string of the molecule is O=C(NCCN1CCN(c2ccccc2)CC1)C1CCN(C(=O)c2cccc3ccccc23)CC1. The Morgan fingerprint density at radius 2 is 1.46 bits per heavy atom. The van der Waals surface area contributed by atoms with E-state index in [0.717, 1.165) is 61.9 Å². The Hall–Kier alpha value is -3.38. The zero-order chi connectivity index (χ0) is 24.0. The van der Waals surface area contributed by atoms with Gasteiger partial charge in [0, 0.05) is 69.5 Å². The standard InChI is InChI=1S/C29H34N4O2/c34-28(30-15-18-31-19-21-32(22-20-31)25-9-2-1-3-10-25)24-13-16-33(17-14-24)29(35)27-12-6-8-23-7-4-5-11-26(23)27/h1-12,24H,13-22H2,(H,30,34). The lowest BCUT2D eigenvalue weighted by Crippen LogP contribution is -2.49. The molecular weight excluding hydrogens is 436 g/mol. The average Bonchev–Trinajstić information content (AvgIpc) is 2.93. The third-order valence-corrected chi connectivity index (χ3v) is 7.39. The molecule has 5 rings (SSSR count). The normalized spacial score (nSPS) is 17.5. The number of piperidine rings is 1. The smallest absolute Gasteiger partial charge is 0.254 e. The molecule has 0 spiro atoms. The van der Waals surface area contributed by atoms with Crippen LogP contribution in [0, 0.1) is 5.92 Å². The molecular formula is C29H34N4O2. The van der Waals surface area contributed by atoms with Crippen LogP contribution in [0.4, 0.5) is 5.69 Å². The van der Waals surface area contributed by atoms with Gasteiger partial charge in [-0.05, 0) is 41.8 Å². The number of anilines is 1. The number of hydrogen-bond acceptors (Lipinski definition) is 4. The lowest BCUT2D eigenvalue weighted by atomic mass is 9.95. The van der Waals surface area contributed by atoms with E-state index in [9.17, 15) is 9.59 Å². The summed E-state index contributed by atoms with van der Waals surface area (Å²) in [6, 6.07) is 24.4. The van der Waals surface area contributed by atoms with Crippen LogP contribution in [0.15, 0.2) is 72.8 Å². The molecule has 0 aromatic heterocycles. The van der Waals surface area contributed by atoms with Gasteiger partial charge in [-0.3, -0.25) is 14.5 Å². The first-order valence-corrected chi connectivity index (χ1v) is 12.8. The summed E-state index contributed by atoms with van der Waals surface area (Å²) in [5.74, 6) is 0.182. The second-order valence-corrected chi connectivity index (χ2v) is 9.55. The molecule has 6 nitrogen and oxygen atoms in total. The number of para-hydroxylation sites is 1. The van der Waals surface area contributed by atoms with Crippen molar-refractivity contribution in [1.82, 2.24) is 15.1 Å². The number of benzene rings is 3. The Kier molecular flexibility index (Phi) is 7.28. The average molecular weight is 471 g/mol. The van der Waals surface area contributed by atoms with E-state index in [4.69, 9.17) is 0 Å². The summed E-state index contributed by atoms with van der Waals surface area (Å²) in [6.45, 7) is 6.87. The molecule has 2 saturated heterocycles. The molecule has 0 radical (unpaired) electrons. The van der Waals surface area contributed by atoms with Gasteiger partial charge in [-0.1, -0.05) is 54.6 Å². The predicted molar refractivity (Wildman–Crippen MR) is 141 cm³/mol. The first-order chi connectivity index (χ1) is 17.2. The zero-order valence-corrected chi connectivity index (χ0v) is 20.2. The fourth-order valence-electron chi connectivity index (χ4n) is 5.28. The van der Waals surface area contributed by atoms with Gasteiger partial charge >= 0.3 is 0 Å². The van der Waals surface area contributed by atoms with Crippen LogP contribution in [0.5, 0.6) is 0 Å². The molecule has 182 valence electrons. The molecule has 2 amide bonds. The van der Waals surface area contributed by atoms with Gasteiger partial charge < -0.3 is 15.1 Å². The number of carbonyl (C=O) groups excluding carboxylic acids is 2. The Morgan fingerprint density at radius 1 is 0.771 bits per heavy atom. The summed E-state index contributed by atoms with van der Waals surface area (Å²) in [5.41, 5.74) is 2.03. The number of amides is 2. The Bertz CT molecular complexity index is 1140. The largest absolute Gasteiger partial charge is 0.369 e. The molecule has 2 heterocycles. The zero-order valence-electron chi connectivity index (χ0n) is 20.2. The molecule has 3 aromatic rings. The molecule has 0 unspecified atom stereocenters. The van der Waals surface area contributed by atoms with Crippen molar-refractivity contribution in [3.05, 3.63) is 78.4 Å². The van der Waals surface area contributed by atoms with E-state index >= 15 is 0 Å². The van der Waals surface area contributed by atoms with E-state index in [0.29, 0.717) is 19.6 Å². The van der Waals surface area contributed by atoms with Crippen molar-refractivity contribution >= 4 is 28.3 Å². The van der Waals surface area contributed by atoms with Crippen LogP contribution >= 0.6 is 0 Å². The van der Waals surface area contributed by atoms with Crippen molar-refractivity contribution in [1.29, 1.82) is 0 Å². The highest BCUT2D eigenvalue weighted by Crippen LogP contribution is 2.24. The number of nitrogens with zero attached hydrogens (tertiary/aromatic N) is 3. The lowest BCUT2D eigenvalue weighted by molar-refractivity contribution is -0.126. The molecule has 2 aliphatic heterocycles. The summed E-state index contributed by atoms with van der Waals surface area (Å²) in [6.07, 6.45) is 1.44. The van der Waals surface area contributed by atoms with Gasteiger partial charge in [0.25, 0.3) is 5.91 Å². The lowest BCUT2D eigenvalue weighted by Gasteiger charge is -2.36. The quantitative estimate of drug-likeness (QED) is 0.598. The number of hydrogen-bond donors (Lipinski definition) is 1. The van der Waals surface area contributed by atoms with Crippen LogP contribution in [0.25, 0.3) is 10.8 Å². The summed E-state index contributed by atoms with van der Waals surface area (Å²) in [4.78, 5) is 32.7. The van der Waals surface area contributed by atoms with Gasteiger partial charge in [0.1, 0.15) is 0 Å². The molecule has 3 aromatic carbocycles. The second-order valence-electron chi connectivity index (χ2n) is 9.55. The van der Waals surface area contributed by atoms with E-state index in [1.165, 1.54) is 5.69 Å². The monoisotopic (exact) mass is 470 g/mol. The first-order valence-electron chi connectivity index (χ1n) is 12.8. The minimum absolute atomic E-state index is 0.0125. The van der Waals surface area contributed by atoms with E-state index in [1.54, 1.807) is 0 Å². The molecule has 0 saturated carbocycles. The van der Waals surface area contributed by atoms with Crippen LogP contribution in [-0.2, 0) is 4.79 Å². The molecule has 2 aliphatic rings. The van der Waals surface area contributed by atoms with Crippen LogP contribution in [0.1, 0.15) is 23.2 Å². The molecule has 0 atom stereocenters. The van der Waals surface area contributed by atoms with Crippen molar-refractivity contribution in [3.63, 3.8) is 0 Å². The molecule has 2 fully saturated rings. The van der Waals surface area contributed by atoms with Gasteiger partial charge in [-0.2, -0.15) is 0 Å². The summed E-state index contributed by atoms with van der Waals surface area (Å²) in [7, 11) is 0. The number of rotatable bonds is 6. The highest BCUT2D eigenvalue weighted by molar-refractivity contribution is 6.07. The Labute approximate surface area is 207 Å². The van der Waals surface area contributed by atoms with Crippen molar-refractivity contribution in [2.45, 2.75) is 12.8 Å². The highest BCUT2D eigenvalue weighted by Gasteiger charge is 2.28. The molecule has 6 heteroatoms. The maximum atomic E-state index is 13.2. The molecule has 1 N–H and O–H groups in total. The first kappa shape index (κ1) is 23.4. The maximum Gasteiger partial charge on any atom is 0.254 e. The Morgan fingerprint density at radius 3 is 2.23 bits per heavy atom. The van der Waals surface area contributed by atoms with Crippen molar-refractivity contribution in [3.8, 4) is 0 Å². The topological polar surface area (TPSA) is 55.9 Å². The van der Waals surface area contributed by atoms with Crippen LogP contribution in [0.2, 0.25) is 0 Å². The van der Waals surface area contributed by atoms with Crippen LogP contribution < -0.4 is 10.2 Å². The summed E-state index contributed by atoms with van der Waals surface area (Å²) >= 11 is 0. The van der Waals surface area contributed by atoms with Crippen LogP contribution in [0.3, 0.4) is 0 Å². The third kappa shape index (κ3) is 5.49.